The summed E-state index contributed by atoms with van der Waals surface area (Å²) < 4.78 is 13.4. The van der Waals surface area contributed by atoms with Crippen molar-refractivity contribution in [2.24, 2.45) is 10.3 Å². The zero-order valence-corrected chi connectivity index (χ0v) is 29.5. The quantitative estimate of drug-likeness (QED) is 0.0869. The molecule has 44 heavy (non-hydrogen) atoms. The van der Waals surface area contributed by atoms with Gasteiger partial charge in [0.25, 0.3) is 11.8 Å². The molecule has 1 spiro atoms. The Morgan fingerprint density at radius 1 is 1.20 bits per heavy atom. The van der Waals surface area contributed by atoms with E-state index < -0.39 is 23.5 Å². The van der Waals surface area contributed by atoms with E-state index in [2.05, 4.69) is 94.6 Å². The predicted octanol–water partition coefficient (Wildman–Crippen LogP) is 3.97. The van der Waals surface area contributed by atoms with Gasteiger partial charge in [0.15, 0.2) is 5.60 Å². The van der Waals surface area contributed by atoms with Gasteiger partial charge in [-0.2, -0.15) is 0 Å². The number of halogens is 4. The first-order valence-electron chi connectivity index (χ1n) is 13.2. The van der Waals surface area contributed by atoms with Gasteiger partial charge < -0.3 is 40.2 Å². The van der Waals surface area contributed by atoms with Crippen LogP contribution in [0.3, 0.4) is 0 Å². The molecule has 1 aromatic carbocycles. The zero-order valence-electron chi connectivity index (χ0n) is 23.2. The minimum atomic E-state index is -1.23. The van der Waals surface area contributed by atoms with Crippen LogP contribution in [0.1, 0.15) is 24.1 Å². The van der Waals surface area contributed by atoms with Crippen LogP contribution in [0.15, 0.2) is 64.7 Å². The molecule has 13 nitrogen and oxygen atoms in total. The van der Waals surface area contributed by atoms with Crippen molar-refractivity contribution in [1.82, 2.24) is 20.6 Å². The predicted molar refractivity (Wildman–Crippen MR) is 175 cm³/mol. The van der Waals surface area contributed by atoms with Gasteiger partial charge in [-0.3, -0.25) is 9.59 Å². The van der Waals surface area contributed by atoms with Gasteiger partial charge in [0.2, 0.25) is 0 Å². The van der Waals surface area contributed by atoms with Crippen molar-refractivity contribution in [3.8, 4) is 5.75 Å². The highest BCUT2D eigenvalue weighted by molar-refractivity contribution is 9.12. The van der Waals surface area contributed by atoms with E-state index in [-0.39, 0.29) is 30.9 Å². The minimum absolute atomic E-state index is 0.0357. The van der Waals surface area contributed by atoms with Gasteiger partial charge in [-0.1, -0.05) is 10.3 Å². The van der Waals surface area contributed by atoms with Crippen LogP contribution >= 0.6 is 63.7 Å². The third-order valence-corrected chi connectivity index (χ3v) is 9.20. The van der Waals surface area contributed by atoms with Crippen LogP contribution in [0.5, 0.6) is 5.75 Å². The topological polar surface area (TPSA) is 180 Å². The molecule has 2 atom stereocenters. The second-order valence-corrected chi connectivity index (χ2v) is 13.1. The minimum Gasteiger partial charge on any atom is -0.495 e. The molecule has 5 N–H and O–H groups in total. The van der Waals surface area contributed by atoms with Gasteiger partial charge in [-0.25, -0.2) is 4.98 Å². The first-order chi connectivity index (χ1) is 21.1. The van der Waals surface area contributed by atoms with Crippen molar-refractivity contribution in [1.29, 1.82) is 0 Å². The molecule has 2 heterocycles. The zero-order chi connectivity index (χ0) is 31.9. The number of allylic oxidation sites excluding steroid dienone is 1. The van der Waals surface area contributed by atoms with E-state index in [9.17, 15) is 19.9 Å². The lowest BCUT2D eigenvalue weighted by Gasteiger charge is -2.33. The van der Waals surface area contributed by atoms with Crippen LogP contribution in [0, 0.1) is 0 Å². The van der Waals surface area contributed by atoms with Gasteiger partial charge in [-0.05, 0) is 93.9 Å². The third-order valence-electron chi connectivity index (χ3n) is 6.64. The molecule has 0 saturated heterocycles. The number of hydrogen-bond acceptors (Lipinski definition) is 10. The number of imidazole rings is 1. The largest absolute Gasteiger partial charge is 0.495 e. The highest BCUT2D eigenvalue weighted by atomic mass is 79.9. The molecule has 4 rings (SSSR count). The SMILES string of the molecule is COC1=C(Br)[C@H](O)[C@@]2(C=C1Br)CC(C(=O)NCCCOc1c(Br)cc(C/C(=N\O)C(=O)NCCc3cnc[nH]3)cc1Br)=NO2. The summed E-state index contributed by atoms with van der Waals surface area (Å²) in [6.45, 7) is 0.953. The van der Waals surface area contributed by atoms with E-state index in [0.29, 0.717) is 60.9 Å². The van der Waals surface area contributed by atoms with Crippen molar-refractivity contribution in [2.45, 2.75) is 37.4 Å². The molecule has 17 heteroatoms. The number of nitrogens with one attached hydrogen (secondary N) is 3. The van der Waals surface area contributed by atoms with E-state index in [0.717, 1.165) is 5.69 Å². The van der Waals surface area contributed by atoms with Crippen LogP contribution < -0.4 is 15.4 Å². The fourth-order valence-electron chi connectivity index (χ4n) is 4.41. The Balaban J connectivity index is 1.21. The number of aliphatic hydroxyl groups is 1. The normalized spacial score (nSPS) is 19.8. The standard InChI is InChI=1S/C27H28Br4N6O7/c1-42-23-18(30)10-27(24(38)21(23)31)11-20(37-44-27)26(40)33-4-2-6-43-22-16(28)7-14(8-17(22)29)9-19(36-41)25(39)34-5-3-15-12-32-13-35-15/h7-8,10,12-13,24,38,41H,2-6,9,11H2,1H3,(H,32,35)(H,33,40)(H,34,39)/b36-19+/t24-,27+/m0/s1. The Bertz CT molecular complexity index is 1490. The Hall–Kier alpha value is -2.73. The lowest BCUT2D eigenvalue weighted by Crippen LogP contribution is -2.45. The number of aromatic amines is 1. The lowest BCUT2D eigenvalue weighted by molar-refractivity contribution is -0.115. The summed E-state index contributed by atoms with van der Waals surface area (Å²) in [5.41, 5.74) is 0.480. The molecule has 2 aromatic rings. The van der Waals surface area contributed by atoms with Crippen LogP contribution in [0.2, 0.25) is 0 Å². The van der Waals surface area contributed by atoms with Crippen LogP contribution in [-0.4, -0.2) is 82.0 Å². The summed E-state index contributed by atoms with van der Waals surface area (Å²) in [4.78, 5) is 37.6. The number of ether oxygens (including phenoxy) is 2. The van der Waals surface area contributed by atoms with Crippen molar-refractivity contribution >= 4 is 87.0 Å². The molecule has 0 radical (unpaired) electrons. The van der Waals surface area contributed by atoms with Gasteiger partial charge >= 0.3 is 0 Å². The number of oxime groups is 2. The Morgan fingerprint density at radius 3 is 2.61 bits per heavy atom. The van der Waals surface area contributed by atoms with E-state index >= 15 is 0 Å². The van der Waals surface area contributed by atoms with Crippen molar-refractivity contribution in [3.05, 3.63) is 65.7 Å². The lowest BCUT2D eigenvalue weighted by atomic mass is 9.87. The van der Waals surface area contributed by atoms with Crippen molar-refractivity contribution in [3.63, 3.8) is 0 Å². The average Bonchev–Trinajstić information content (AvgIpc) is 3.67. The smallest absolute Gasteiger partial charge is 0.269 e. The summed E-state index contributed by atoms with van der Waals surface area (Å²) in [6, 6.07) is 3.54. The molecule has 236 valence electrons. The first kappa shape index (κ1) is 34.1. The van der Waals surface area contributed by atoms with Crippen LogP contribution in [-0.2, 0) is 32.0 Å². The number of nitrogens with zero attached hydrogens (tertiary/aromatic N) is 3. The maximum absolute atomic E-state index is 12.7. The maximum Gasteiger partial charge on any atom is 0.269 e. The number of benzene rings is 1. The maximum atomic E-state index is 12.7. The molecule has 1 aliphatic carbocycles. The van der Waals surface area contributed by atoms with Crippen LogP contribution in [0.25, 0.3) is 0 Å². The highest BCUT2D eigenvalue weighted by Gasteiger charge is 2.50. The summed E-state index contributed by atoms with van der Waals surface area (Å²) in [5, 5.41) is 32.8. The monoisotopic (exact) mass is 864 g/mol. The van der Waals surface area contributed by atoms with Crippen molar-refractivity contribution < 1.29 is 34.2 Å². The first-order valence-corrected chi connectivity index (χ1v) is 16.4. The summed E-state index contributed by atoms with van der Waals surface area (Å²) in [7, 11) is 1.48. The molecular formula is C27H28Br4N6O7. The molecule has 0 saturated carbocycles. The number of H-pyrrole nitrogens is 1. The summed E-state index contributed by atoms with van der Waals surface area (Å²) >= 11 is 13.7. The van der Waals surface area contributed by atoms with E-state index in [1.54, 1.807) is 30.7 Å². The third kappa shape index (κ3) is 8.10. The number of amides is 2. The summed E-state index contributed by atoms with van der Waals surface area (Å²) in [6.07, 6.45) is 4.98. The fourth-order valence-corrected chi connectivity index (χ4v) is 7.71. The highest BCUT2D eigenvalue weighted by Crippen LogP contribution is 2.44. The number of methoxy groups -OCH3 is 1. The molecular weight excluding hydrogens is 840 g/mol. The summed E-state index contributed by atoms with van der Waals surface area (Å²) in [5.74, 6) is 0.0901. The second-order valence-electron chi connectivity index (χ2n) is 9.69. The number of carbonyl (C=O) groups excluding carboxylic acids is 2. The molecule has 0 unspecified atom stereocenters. The molecule has 0 bridgehead atoms. The second kappa shape index (κ2) is 15.5. The Morgan fingerprint density at radius 2 is 1.95 bits per heavy atom. The van der Waals surface area contributed by atoms with E-state index in [1.165, 1.54) is 7.11 Å². The molecule has 2 aliphatic rings. The Kier molecular flexibility index (Phi) is 12.0. The molecule has 1 aromatic heterocycles. The molecule has 1 aliphatic heterocycles. The number of hydrogen-bond donors (Lipinski definition) is 5. The van der Waals surface area contributed by atoms with Gasteiger partial charge in [0.05, 0.1) is 38.0 Å². The van der Waals surface area contributed by atoms with Gasteiger partial charge in [0, 0.05) is 44.2 Å². The number of aliphatic hydroxyl groups excluding tert-OH is 1. The van der Waals surface area contributed by atoms with Gasteiger partial charge in [-0.15, -0.1) is 0 Å². The van der Waals surface area contributed by atoms with E-state index in [4.69, 9.17) is 14.3 Å². The number of aromatic nitrogens is 2. The van der Waals surface area contributed by atoms with Gasteiger partial charge in [0.1, 0.15) is 29.0 Å². The van der Waals surface area contributed by atoms with E-state index in [1.807, 2.05) is 0 Å². The Labute approximate surface area is 286 Å². The van der Waals surface area contributed by atoms with Crippen molar-refractivity contribution in [2.75, 3.05) is 26.8 Å². The average molecular weight is 868 g/mol. The molecule has 0 fully saturated rings. The molecule has 2 amide bonds. The number of carbonyl (C=O) groups is 2. The fraction of sp³-hybridized carbons (Fsp3) is 0.370. The number of rotatable bonds is 13. The van der Waals surface area contributed by atoms with Crippen LogP contribution in [0.4, 0.5) is 0 Å².